The maximum Gasteiger partial charge on any atom is 0.413 e. The molecule has 3 fully saturated rings. The Balaban J connectivity index is 0.884. The van der Waals surface area contributed by atoms with Gasteiger partial charge in [0.25, 0.3) is 0 Å². The third-order valence-corrected chi connectivity index (χ3v) is 28.7. The molecule has 8 heterocycles. The number of esters is 1. The molecule has 9 aliphatic rings. The number of carbonyl (C=O) groups is 10. The Labute approximate surface area is 868 Å². The van der Waals surface area contributed by atoms with Crippen molar-refractivity contribution in [3.63, 3.8) is 0 Å². The van der Waals surface area contributed by atoms with Gasteiger partial charge in [-0.1, -0.05) is 135 Å². The Kier molecular flexibility index (Phi) is 37.1. The third kappa shape index (κ3) is 26.3. The fourth-order valence-corrected chi connectivity index (χ4v) is 20.3. The summed E-state index contributed by atoms with van der Waals surface area (Å²) in [5, 5.41) is 139. The number of aromatic hydroxyl groups is 1. The lowest BCUT2D eigenvalue weighted by atomic mass is 9.84. The monoisotopic (exact) mass is 2120 g/mol. The Morgan fingerprint density at radius 1 is 0.642 bits per heavy atom. The number of ketones is 2. The van der Waals surface area contributed by atoms with Gasteiger partial charge in [-0.05, 0) is 208 Å². The molecule has 0 aromatic heterocycles. The highest BCUT2D eigenvalue weighted by Crippen LogP contribution is 2.54. The number of carboxylic acids is 1. The highest BCUT2D eigenvalue weighted by molar-refractivity contribution is 6.32. The van der Waals surface area contributed by atoms with Gasteiger partial charge in [0.05, 0.1) is 59.4 Å². The molecule has 0 saturated carbocycles. The van der Waals surface area contributed by atoms with Crippen molar-refractivity contribution >= 4 is 93.9 Å². The first-order valence-electron chi connectivity index (χ1n) is 49.2. The van der Waals surface area contributed by atoms with Crippen molar-refractivity contribution < 1.29 is 146 Å². The highest BCUT2D eigenvalue weighted by Gasteiger charge is 2.54. The number of rotatable bonds is 35. The number of nitrogens with zero attached hydrogens (tertiary/aromatic N) is 1. The number of carboxylic acid groups (broad SMARTS) is 1. The van der Waals surface area contributed by atoms with Crippen LogP contribution in [0.15, 0.2) is 127 Å². The molecule has 11 bridgehead atoms. The van der Waals surface area contributed by atoms with Crippen molar-refractivity contribution in [3.05, 3.63) is 187 Å². The SMILES string of the molecule is CC(C)C[C@H](C(=O)N[C@H]1C(=O)C[C@@H](CC(N)=O)C(=O)N[C@H]2C(=O)C[C@H]3C(=O)N[C@H](C(=O)N[C@H](C(=O)O)c4cc(O)cc5c4-c4cc3ccc4C5(O)O)[C@H](O[C@H]3C[C@](C)(N)[C@@H](O)[C@H](C)O3)c3ccc(c(Cl)c3)Oc3cc2cc(c3O[C@@H]2O[C@H](CO)[C@@H](O)[C@H](O)[C@H]2O[C@H]2C[C@](C)(NCc3ccc(-c4ccc(Cl)cc4)cc3)[C@@H](O)[C@H](C)O2)Oc2ccc(cc2Cl)[C@H]1O)N(C)C(=O)OCOC(=O)CNCCCNCCCCCCCCN. The molecule has 1 aliphatic carbocycles. The molecule has 148 heavy (non-hydrogen) atoms. The first-order valence-corrected chi connectivity index (χ1v) is 50.4. The van der Waals surface area contributed by atoms with E-state index < -0.39 is 298 Å². The van der Waals surface area contributed by atoms with Gasteiger partial charge in [0, 0.05) is 72.9 Å². The number of aliphatic hydroxyl groups is 8. The summed E-state index contributed by atoms with van der Waals surface area (Å²) < 4.78 is 64.0. The molecule has 0 spiro atoms. The Bertz CT molecular complexity index is 5990. The molecule has 23 N–H and O–H groups in total. The molecule has 41 nitrogen and oxygen atoms in total. The van der Waals surface area contributed by atoms with Gasteiger partial charge in [-0.15, -0.1) is 0 Å². The summed E-state index contributed by atoms with van der Waals surface area (Å²) in [4.78, 5) is 152. The number of nitrogens with one attached hydrogen (secondary N) is 7. The molecule has 0 unspecified atom stereocenters. The number of aliphatic hydroxyl groups excluding tert-OH is 6. The van der Waals surface area contributed by atoms with Crippen LogP contribution in [0.4, 0.5) is 4.79 Å². The lowest BCUT2D eigenvalue weighted by molar-refractivity contribution is -0.334. The molecule has 7 aromatic carbocycles. The predicted molar refractivity (Wildman–Crippen MR) is 533 cm³/mol. The summed E-state index contributed by atoms with van der Waals surface area (Å²) in [7, 11) is 1.18. The minimum absolute atomic E-state index is 0.151. The number of aliphatic carboxylic acids is 1. The number of benzene rings is 7. The van der Waals surface area contributed by atoms with Crippen LogP contribution in [0.5, 0.6) is 34.5 Å². The van der Waals surface area contributed by atoms with E-state index >= 15 is 28.8 Å². The first kappa shape index (κ1) is 112. The number of likely N-dealkylation sites (N-methyl/N-ethyl adjacent to an activating group) is 1. The molecule has 6 amide bonds. The van der Waals surface area contributed by atoms with Gasteiger partial charge in [0.2, 0.25) is 54.2 Å². The number of primary amides is 1. The van der Waals surface area contributed by atoms with Crippen molar-refractivity contribution in [2.45, 2.75) is 264 Å². The van der Waals surface area contributed by atoms with Crippen molar-refractivity contribution in [1.82, 2.24) is 42.1 Å². The highest BCUT2D eigenvalue weighted by atomic mass is 35.5. The number of unbranched alkanes of at least 4 members (excludes halogenated alkanes) is 5. The number of phenolic OH excluding ortho intramolecular Hbond substituents is 1. The van der Waals surface area contributed by atoms with E-state index in [0.717, 1.165) is 103 Å². The second-order valence-electron chi connectivity index (χ2n) is 39.6. The molecule has 44 heteroatoms. The Morgan fingerprint density at radius 3 is 1.91 bits per heavy atom. The smallest absolute Gasteiger partial charge is 0.413 e. The number of nitrogens with two attached hydrogens (primary N) is 3. The molecule has 3 saturated heterocycles. The quantitative estimate of drug-likeness (QED) is 0.0111. The van der Waals surface area contributed by atoms with Crippen LogP contribution in [0.1, 0.15) is 200 Å². The largest absolute Gasteiger partial charge is 0.508 e. The molecule has 0 radical (unpaired) electrons. The van der Waals surface area contributed by atoms with E-state index in [0.29, 0.717) is 31.1 Å². The van der Waals surface area contributed by atoms with Gasteiger partial charge in [-0.3, -0.25) is 43.3 Å². The van der Waals surface area contributed by atoms with Crippen LogP contribution in [-0.2, 0) is 88.6 Å². The van der Waals surface area contributed by atoms with E-state index in [2.05, 4.69) is 37.2 Å². The summed E-state index contributed by atoms with van der Waals surface area (Å²) in [6.45, 7) is 10.3. The lowest BCUT2D eigenvalue weighted by Crippen LogP contribution is -2.65. The molecule has 22 atom stereocenters. The number of carbonyl (C=O) groups excluding carboxylic acids is 9. The van der Waals surface area contributed by atoms with Gasteiger partial charge in [0.1, 0.15) is 71.9 Å². The summed E-state index contributed by atoms with van der Waals surface area (Å²) in [6.07, 6.45) is -20.0. The molecule has 8 aliphatic heterocycles. The zero-order chi connectivity index (χ0) is 107. The van der Waals surface area contributed by atoms with Crippen LogP contribution in [0, 0.1) is 11.8 Å². The van der Waals surface area contributed by atoms with E-state index in [-0.39, 0.29) is 65.7 Å². The van der Waals surface area contributed by atoms with Crippen LogP contribution in [0.3, 0.4) is 0 Å². The van der Waals surface area contributed by atoms with Crippen molar-refractivity contribution in [1.29, 1.82) is 0 Å². The van der Waals surface area contributed by atoms with Gasteiger partial charge in [-0.25, -0.2) is 9.59 Å². The van der Waals surface area contributed by atoms with Crippen molar-refractivity contribution in [2.75, 3.05) is 53.2 Å². The Morgan fingerprint density at radius 2 is 1.26 bits per heavy atom. The van der Waals surface area contributed by atoms with Crippen LogP contribution in [0.25, 0.3) is 22.3 Å². The number of Topliss-reactive ketones (excluding diaryl/α,β-unsaturated/α-hetero) is 2. The predicted octanol–water partition coefficient (Wildman–Crippen LogP) is 6.78. The average Bonchev–Trinajstić information content (AvgIpc) is 1.55. The number of hydrogen-bond acceptors (Lipinski definition) is 34. The maximum absolute atomic E-state index is 17.0. The summed E-state index contributed by atoms with van der Waals surface area (Å²) in [5.41, 5.74) is 15.2. The van der Waals surface area contributed by atoms with Crippen LogP contribution < -0.4 is 68.6 Å². The molecule has 7 aromatic rings. The fraction of sp³-hybridized carbons (Fsp3) is 0.500. The minimum atomic E-state index is -3.08. The number of hydrogen-bond donors (Lipinski definition) is 20. The van der Waals surface area contributed by atoms with Crippen LogP contribution >= 0.6 is 34.8 Å². The van der Waals surface area contributed by atoms with Crippen molar-refractivity contribution in [2.24, 2.45) is 29.0 Å². The van der Waals surface area contributed by atoms with E-state index in [1.54, 1.807) is 39.8 Å². The second kappa shape index (κ2) is 48.8. The second-order valence-corrected chi connectivity index (χ2v) is 40.8. The lowest BCUT2D eigenvalue weighted by Gasteiger charge is -2.48. The van der Waals surface area contributed by atoms with E-state index in [9.17, 15) is 70.2 Å². The topological polar surface area (TPSA) is 631 Å². The summed E-state index contributed by atoms with van der Waals surface area (Å²) in [6, 6.07) is 19.1. The minimum Gasteiger partial charge on any atom is -0.508 e. The van der Waals surface area contributed by atoms with Crippen molar-refractivity contribution in [3.8, 4) is 56.8 Å². The van der Waals surface area contributed by atoms with E-state index in [1.807, 2.05) is 36.4 Å². The van der Waals surface area contributed by atoms with E-state index in [4.69, 9.17) is 99.4 Å². The third-order valence-electron chi connectivity index (χ3n) is 27.9. The fourth-order valence-electron chi connectivity index (χ4n) is 19.7. The molecule has 800 valence electrons. The number of amides is 6. The van der Waals surface area contributed by atoms with Gasteiger partial charge in [-0.2, -0.15) is 0 Å². The average molecular weight is 2120 g/mol. The summed E-state index contributed by atoms with van der Waals surface area (Å²) >= 11 is 21.1. The molecular formula is C104H128Cl3N11O30. The normalized spacial score (nSPS) is 27.5. The van der Waals surface area contributed by atoms with Gasteiger partial charge >= 0.3 is 18.0 Å². The zero-order valence-corrected chi connectivity index (χ0v) is 84.8. The number of ether oxygens (including phenoxy) is 10. The van der Waals surface area contributed by atoms with Gasteiger partial charge in [0.15, 0.2) is 47.8 Å². The van der Waals surface area contributed by atoms with E-state index in [1.165, 1.54) is 63.4 Å². The molecular weight excluding hydrogens is 1990 g/mol. The molecule has 16 rings (SSSR count). The standard InChI is InChI=1S/C104H128Cl3N11O30/c1-50(2)33-70(118(7)101(136)140-49-139-79(124)47-112-32-14-31-111-30-13-11-9-8-10-12-29-108)97(132)116-85-71(121)37-60(40-78(109)123)95(130)114-83-59-38-75(143-73-27-22-57(87(85)125)35-68(73)106)91(148-100-92(89(127)88(126)77(48-119)145-100)147-81-45-103(6,94(129)52(4)142-81)113-46-53-15-17-54(18-16-53)55-19-24-61(105)25-20-55)76(39-59)144-74-28-23-58(36-69(74)107)90(146-80-44-102(5,110)93(128)51(3)141-80)86-98(133)115-84(99(134)135)65-41-62(120)42-67-82(65)64-34-56(21-26-66(64)104(67,137)138)63(43-72(83)122)96(131)117-86/h15-28,34-36,38-39,41-42,50-52,60,63,70,77,80-81,83-90,92-94,100,111-113,119-120,125-129,137-138H,8-14,29-33,37,40,43-49,108,110H2,1-7H3,(H2,109,123)(H,114,130)(H,115,133)(H,116,132)(H,117,131)(H,134,135)/t51-,52-,60-,63+,70+,77+,80-,81-,83+,84-,85-,86-,87+,88+,89-,90+,92+,93-,94-,100-,102-,103-/m0/s1. The zero-order valence-electron chi connectivity index (χ0n) is 82.5. The Hall–Kier alpha value is -11.2. The number of phenols is 1. The van der Waals surface area contributed by atoms with Crippen LogP contribution in [-0.4, -0.2) is 265 Å². The number of halogens is 3. The summed E-state index contributed by atoms with van der Waals surface area (Å²) in [5.74, 6) is -22.5. The number of fused-ring (bicyclic) bond motifs is 12. The first-order chi connectivity index (χ1) is 70.3. The van der Waals surface area contributed by atoms with Gasteiger partial charge < -0.3 is 153 Å². The van der Waals surface area contributed by atoms with Crippen LogP contribution in [0.2, 0.25) is 15.1 Å². The maximum atomic E-state index is 17.0.